The highest BCUT2D eigenvalue weighted by molar-refractivity contribution is 7.89. The van der Waals surface area contributed by atoms with Crippen LogP contribution in [0.3, 0.4) is 0 Å². The van der Waals surface area contributed by atoms with E-state index in [2.05, 4.69) is 10.3 Å². The topological polar surface area (TPSA) is 106 Å². The number of amides is 1. The fourth-order valence-electron chi connectivity index (χ4n) is 2.32. The smallest absolute Gasteiger partial charge is 0.338 e. The highest BCUT2D eigenvalue weighted by Crippen LogP contribution is 2.18. The number of benzene rings is 1. The first kappa shape index (κ1) is 20.5. The Morgan fingerprint density at radius 2 is 1.63 bits per heavy atom. The second-order valence-corrected chi connectivity index (χ2v) is 7.41. The third-order valence-corrected chi connectivity index (χ3v) is 5.80. The summed E-state index contributed by atoms with van der Waals surface area (Å²) >= 11 is 0. The minimum atomic E-state index is -3.55. The Kier molecular flexibility index (Phi) is 7.03. The van der Waals surface area contributed by atoms with Crippen molar-refractivity contribution in [1.82, 2.24) is 9.29 Å². The van der Waals surface area contributed by atoms with Crippen LogP contribution in [0.1, 0.15) is 24.2 Å². The van der Waals surface area contributed by atoms with E-state index in [1.54, 1.807) is 13.8 Å². The maximum Gasteiger partial charge on any atom is 0.338 e. The molecule has 0 fully saturated rings. The van der Waals surface area contributed by atoms with Crippen molar-refractivity contribution in [2.24, 2.45) is 0 Å². The molecule has 0 unspecified atom stereocenters. The van der Waals surface area contributed by atoms with E-state index in [-0.39, 0.29) is 4.90 Å². The van der Waals surface area contributed by atoms with Crippen LogP contribution >= 0.6 is 0 Å². The highest BCUT2D eigenvalue weighted by Gasteiger charge is 2.21. The predicted octanol–water partition coefficient (Wildman–Crippen LogP) is 1.91. The normalized spacial score (nSPS) is 11.2. The van der Waals surface area contributed by atoms with E-state index < -0.39 is 28.5 Å². The van der Waals surface area contributed by atoms with Gasteiger partial charge in [0.2, 0.25) is 10.0 Å². The Balaban J connectivity index is 1.94. The third-order valence-electron chi connectivity index (χ3n) is 3.73. The van der Waals surface area contributed by atoms with Crippen molar-refractivity contribution in [2.45, 2.75) is 18.7 Å². The Labute approximate surface area is 158 Å². The van der Waals surface area contributed by atoms with Gasteiger partial charge in [-0.15, -0.1) is 0 Å². The van der Waals surface area contributed by atoms with Gasteiger partial charge < -0.3 is 10.1 Å². The summed E-state index contributed by atoms with van der Waals surface area (Å²) in [5.74, 6) is -1.16. The molecule has 1 heterocycles. The van der Waals surface area contributed by atoms with Crippen LogP contribution < -0.4 is 5.32 Å². The maximum absolute atomic E-state index is 12.4. The van der Waals surface area contributed by atoms with Gasteiger partial charge in [-0.3, -0.25) is 9.78 Å². The summed E-state index contributed by atoms with van der Waals surface area (Å²) in [4.78, 5) is 27.6. The van der Waals surface area contributed by atoms with Crippen LogP contribution in [0.5, 0.6) is 0 Å². The second-order valence-electron chi connectivity index (χ2n) is 5.47. The fraction of sp³-hybridized carbons (Fsp3) is 0.278. The van der Waals surface area contributed by atoms with E-state index in [9.17, 15) is 18.0 Å². The van der Waals surface area contributed by atoms with Gasteiger partial charge in [0.15, 0.2) is 6.61 Å². The van der Waals surface area contributed by atoms with Crippen LogP contribution in [0, 0.1) is 0 Å². The van der Waals surface area contributed by atoms with Crippen LogP contribution in [-0.2, 0) is 19.6 Å². The standard InChI is InChI=1S/C18H21N3O5S/c1-3-21(4-2)27(24,25)16-7-5-15(6-8-16)20-17(22)13-26-18(23)14-9-11-19-12-10-14/h5-12H,3-4,13H2,1-2H3,(H,20,22). The molecule has 0 radical (unpaired) electrons. The maximum atomic E-state index is 12.4. The first-order valence-corrected chi connectivity index (χ1v) is 9.79. The Morgan fingerprint density at radius 1 is 1.04 bits per heavy atom. The molecule has 8 nitrogen and oxygen atoms in total. The van der Waals surface area contributed by atoms with Gasteiger partial charge in [0.05, 0.1) is 10.5 Å². The van der Waals surface area contributed by atoms with E-state index in [1.807, 2.05) is 0 Å². The number of carbonyl (C=O) groups is 2. The molecule has 0 bridgehead atoms. The molecule has 1 amide bonds. The molecule has 0 atom stereocenters. The van der Waals surface area contributed by atoms with Gasteiger partial charge in [-0.05, 0) is 36.4 Å². The zero-order valence-electron chi connectivity index (χ0n) is 15.1. The van der Waals surface area contributed by atoms with Gasteiger partial charge in [-0.25, -0.2) is 13.2 Å². The van der Waals surface area contributed by atoms with Crippen molar-refractivity contribution in [3.05, 3.63) is 54.4 Å². The van der Waals surface area contributed by atoms with E-state index >= 15 is 0 Å². The molecule has 0 aliphatic heterocycles. The zero-order valence-corrected chi connectivity index (χ0v) is 15.9. The van der Waals surface area contributed by atoms with Gasteiger partial charge in [0.1, 0.15) is 0 Å². The Hall–Kier alpha value is -2.78. The summed E-state index contributed by atoms with van der Waals surface area (Å²) in [6.45, 7) is 3.83. The lowest BCUT2D eigenvalue weighted by atomic mass is 10.3. The molecule has 1 N–H and O–H groups in total. The van der Waals surface area contributed by atoms with Crippen molar-refractivity contribution in [1.29, 1.82) is 0 Å². The number of sulfonamides is 1. The highest BCUT2D eigenvalue weighted by atomic mass is 32.2. The second kappa shape index (κ2) is 9.24. The van der Waals surface area contributed by atoms with Crippen molar-refractivity contribution in [3.63, 3.8) is 0 Å². The fourth-order valence-corrected chi connectivity index (χ4v) is 3.78. The molecule has 0 aliphatic carbocycles. The molecule has 27 heavy (non-hydrogen) atoms. The van der Waals surface area contributed by atoms with Crippen LogP contribution in [0.25, 0.3) is 0 Å². The number of esters is 1. The van der Waals surface area contributed by atoms with Gasteiger partial charge in [0.25, 0.3) is 5.91 Å². The summed E-state index contributed by atoms with van der Waals surface area (Å²) < 4.78 is 31.1. The number of hydrogen-bond acceptors (Lipinski definition) is 6. The van der Waals surface area contributed by atoms with Crippen LogP contribution in [0.2, 0.25) is 0 Å². The Morgan fingerprint density at radius 3 is 2.19 bits per heavy atom. The third kappa shape index (κ3) is 5.35. The van der Waals surface area contributed by atoms with Gasteiger partial charge in [-0.2, -0.15) is 4.31 Å². The van der Waals surface area contributed by atoms with Gasteiger partial charge >= 0.3 is 5.97 Å². The number of ether oxygens (including phenoxy) is 1. The molecule has 0 saturated carbocycles. The molecule has 0 spiro atoms. The molecule has 9 heteroatoms. The lowest BCUT2D eigenvalue weighted by molar-refractivity contribution is -0.119. The van der Waals surface area contributed by atoms with Crippen molar-refractivity contribution in [3.8, 4) is 0 Å². The van der Waals surface area contributed by atoms with Gasteiger partial charge in [-0.1, -0.05) is 13.8 Å². The molecule has 1 aromatic heterocycles. The number of anilines is 1. The molecule has 144 valence electrons. The number of nitrogens with one attached hydrogen (secondary N) is 1. The van der Waals surface area contributed by atoms with Crippen LogP contribution in [0.4, 0.5) is 5.69 Å². The summed E-state index contributed by atoms with van der Waals surface area (Å²) in [5, 5.41) is 2.55. The molecule has 0 aliphatic rings. The molecule has 0 saturated heterocycles. The lowest BCUT2D eigenvalue weighted by Crippen LogP contribution is -2.30. The van der Waals surface area contributed by atoms with Crippen molar-refractivity contribution in [2.75, 3.05) is 25.0 Å². The predicted molar refractivity (Wildman–Crippen MR) is 99.7 cm³/mol. The molecule has 1 aromatic carbocycles. The summed E-state index contributed by atoms with van der Waals surface area (Å²) in [5.41, 5.74) is 0.696. The van der Waals surface area contributed by atoms with Crippen molar-refractivity contribution < 1.29 is 22.7 Å². The number of nitrogens with zero attached hydrogens (tertiary/aromatic N) is 2. The molecule has 2 aromatic rings. The molecule has 2 rings (SSSR count). The van der Waals surface area contributed by atoms with E-state index in [1.165, 1.54) is 53.1 Å². The number of carbonyl (C=O) groups excluding carboxylic acids is 2. The number of pyridine rings is 1. The molecular formula is C18H21N3O5S. The van der Waals surface area contributed by atoms with Crippen LogP contribution in [-0.4, -0.2) is 49.3 Å². The molecular weight excluding hydrogens is 370 g/mol. The quantitative estimate of drug-likeness (QED) is 0.689. The van der Waals surface area contributed by atoms with E-state index in [0.717, 1.165) is 0 Å². The first-order valence-electron chi connectivity index (χ1n) is 8.35. The Bertz CT molecular complexity index is 879. The van der Waals surface area contributed by atoms with Gasteiger partial charge in [0, 0.05) is 31.2 Å². The van der Waals surface area contributed by atoms with E-state index in [4.69, 9.17) is 4.74 Å². The zero-order chi connectivity index (χ0) is 19.9. The minimum Gasteiger partial charge on any atom is -0.452 e. The largest absolute Gasteiger partial charge is 0.452 e. The summed E-state index contributed by atoms with van der Waals surface area (Å²) in [6.07, 6.45) is 2.90. The van der Waals surface area contributed by atoms with Crippen molar-refractivity contribution >= 4 is 27.6 Å². The monoisotopic (exact) mass is 391 g/mol. The lowest BCUT2D eigenvalue weighted by Gasteiger charge is -2.18. The first-order chi connectivity index (χ1) is 12.9. The van der Waals surface area contributed by atoms with Crippen LogP contribution in [0.15, 0.2) is 53.7 Å². The average molecular weight is 391 g/mol. The summed E-state index contributed by atoms with van der Waals surface area (Å²) in [6, 6.07) is 8.78. The summed E-state index contributed by atoms with van der Waals surface area (Å²) in [7, 11) is -3.55. The van der Waals surface area contributed by atoms with E-state index in [0.29, 0.717) is 24.3 Å². The average Bonchev–Trinajstić information content (AvgIpc) is 2.68. The minimum absolute atomic E-state index is 0.147. The number of rotatable bonds is 8. The SMILES string of the molecule is CCN(CC)S(=O)(=O)c1ccc(NC(=O)COC(=O)c2ccncc2)cc1. The number of aromatic nitrogens is 1. The number of hydrogen-bond donors (Lipinski definition) is 1.